The number of anilines is 2. The minimum atomic E-state index is 0.345. The molecule has 0 saturated carbocycles. The van der Waals surface area contributed by atoms with Crippen LogP contribution in [0.1, 0.15) is 18.9 Å². The molecule has 1 atom stereocenters. The van der Waals surface area contributed by atoms with Crippen molar-refractivity contribution in [3.05, 3.63) is 242 Å². The van der Waals surface area contributed by atoms with Gasteiger partial charge in [-0.1, -0.05) is 189 Å². The summed E-state index contributed by atoms with van der Waals surface area (Å²) in [5.41, 5.74) is 16.8. The molecule has 2 heteroatoms. The minimum Gasteiger partial charge on any atom is -0.310 e. The highest BCUT2D eigenvalue weighted by atomic mass is 15.1. The first-order valence-corrected chi connectivity index (χ1v) is 21.3. The lowest BCUT2D eigenvalue weighted by Gasteiger charge is -2.33. The van der Waals surface area contributed by atoms with Gasteiger partial charge in [-0.3, -0.25) is 0 Å². The Hall–Kier alpha value is -7.68. The number of allylic oxidation sites excluding steroid dienone is 3. The molecule has 1 aromatic heterocycles. The number of hydrogen-bond donors (Lipinski definition) is 0. The molecular weight excluding hydrogens is 737 g/mol. The molecule has 10 aromatic rings. The number of hydrogen-bond acceptors (Lipinski definition) is 1. The van der Waals surface area contributed by atoms with E-state index in [1.807, 2.05) is 0 Å². The second-order valence-electron chi connectivity index (χ2n) is 16.1. The van der Waals surface area contributed by atoms with Crippen molar-refractivity contribution in [2.45, 2.75) is 13.3 Å². The molecule has 0 bridgehead atoms. The zero-order valence-electron chi connectivity index (χ0n) is 34.1. The molecule has 0 amide bonds. The van der Waals surface area contributed by atoms with Crippen LogP contribution >= 0.6 is 0 Å². The molecular formula is C59H44N2. The maximum Gasteiger partial charge on any atom is 0.0625 e. The smallest absolute Gasteiger partial charge is 0.0625 e. The quantitative estimate of drug-likeness (QED) is 0.149. The molecule has 0 saturated heterocycles. The van der Waals surface area contributed by atoms with Gasteiger partial charge in [0.2, 0.25) is 0 Å². The summed E-state index contributed by atoms with van der Waals surface area (Å²) in [7, 11) is 0. The van der Waals surface area contributed by atoms with Crippen LogP contribution in [0.5, 0.6) is 0 Å². The predicted molar refractivity (Wildman–Crippen MR) is 259 cm³/mol. The maximum atomic E-state index is 2.48. The SMILES string of the molecule is CC1CC=CC(N(c2ccc(-c3cccc4ccccc34)cc2)c2cccc(-c3ccc(-c4ccccc4)c4c3c3ccccc3n4-c3ccccc3)c2)=C1c1ccccc1. The minimum absolute atomic E-state index is 0.345. The highest BCUT2D eigenvalue weighted by molar-refractivity contribution is 6.19. The van der Waals surface area contributed by atoms with Crippen molar-refractivity contribution in [1.29, 1.82) is 0 Å². The van der Waals surface area contributed by atoms with Gasteiger partial charge in [-0.15, -0.1) is 0 Å². The highest BCUT2D eigenvalue weighted by Gasteiger charge is 2.26. The average Bonchev–Trinajstić information content (AvgIpc) is 3.68. The molecule has 0 aliphatic heterocycles. The van der Waals surface area contributed by atoms with Crippen LogP contribution in [-0.4, -0.2) is 4.57 Å². The second kappa shape index (κ2) is 15.5. The molecule has 0 N–H and O–H groups in total. The summed E-state index contributed by atoms with van der Waals surface area (Å²) in [5.74, 6) is 0.345. The molecule has 0 radical (unpaired) electrons. The Bertz CT molecular complexity index is 3260. The van der Waals surface area contributed by atoms with Gasteiger partial charge in [-0.05, 0) is 111 Å². The number of benzene rings is 9. The Balaban J connectivity index is 1.14. The molecule has 2 nitrogen and oxygen atoms in total. The fourth-order valence-electron chi connectivity index (χ4n) is 9.63. The molecule has 290 valence electrons. The Morgan fingerprint density at radius 1 is 0.459 bits per heavy atom. The molecule has 11 rings (SSSR count). The van der Waals surface area contributed by atoms with E-state index in [1.54, 1.807) is 0 Å². The van der Waals surface area contributed by atoms with Gasteiger partial charge < -0.3 is 9.47 Å². The number of nitrogens with zero attached hydrogens (tertiary/aromatic N) is 2. The molecule has 1 heterocycles. The number of fused-ring (bicyclic) bond motifs is 4. The summed E-state index contributed by atoms with van der Waals surface area (Å²) in [6.45, 7) is 2.36. The first-order valence-electron chi connectivity index (χ1n) is 21.3. The summed E-state index contributed by atoms with van der Waals surface area (Å²) in [5, 5.41) is 5.00. The van der Waals surface area contributed by atoms with Gasteiger partial charge in [0.15, 0.2) is 0 Å². The molecule has 0 fully saturated rings. The van der Waals surface area contributed by atoms with Crippen molar-refractivity contribution in [3.63, 3.8) is 0 Å². The summed E-state index contributed by atoms with van der Waals surface area (Å²) < 4.78 is 2.45. The van der Waals surface area contributed by atoms with Gasteiger partial charge in [0.1, 0.15) is 0 Å². The van der Waals surface area contributed by atoms with Crippen molar-refractivity contribution in [1.82, 2.24) is 4.57 Å². The Morgan fingerprint density at radius 2 is 1.07 bits per heavy atom. The first-order chi connectivity index (χ1) is 30.2. The van der Waals surface area contributed by atoms with Crippen LogP contribution in [0.4, 0.5) is 11.4 Å². The van der Waals surface area contributed by atoms with Crippen LogP contribution in [0.25, 0.3) is 77.2 Å². The van der Waals surface area contributed by atoms with Crippen molar-refractivity contribution in [3.8, 4) is 39.1 Å². The van der Waals surface area contributed by atoms with Crippen LogP contribution in [0.15, 0.2) is 236 Å². The van der Waals surface area contributed by atoms with Crippen LogP contribution in [0.2, 0.25) is 0 Å². The van der Waals surface area contributed by atoms with Crippen LogP contribution in [-0.2, 0) is 0 Å². The van der Waals surface area contributed by atoms with Crippen LogP contribution in [0, 0.1) is 5.92 Å². The molecule has 0 spiro atoms. The fourth-order valence-corrected chi connectivity index (χ4v) is 9.63. The lowest BCUT2D eigenvalue weighted by atomic mass is 9.85. The first kappa shape index (κ1) is 36.4. The average molecular weight is 781 g/mol. The van der Waals surface area contributed by atoms with Gasteiger partial charge in [0.05, 0.1) is 11.0 Å². The van der Waals surface area contributed by atoms with E-state index in [9.17, 15) is 0 Å². The van der Waals surface area contributed by atoms with Gasteiger partial charge >= 0.3 is 0 Å². The van der Waals surface area contributed by atoms with E-state index >= 15 is 0 Å². The molecule has 1 unspecified atom stereocenters. The number of aromatic nitrogens is 1. The summed E-state index contributed by atoms with van der Waals surface area (Å²) >= 11 is 0. The highest BCUT2D eigenvalue weighted by Crippen LogP contribution is 2.46. The van der Waals surface area contributed by atoms with E-state index in [0.717, 1.165) is 23.5 Å². The molecule has 1 aliphatic carbocycles. The van der Waals surface area contributed by atoms with E-state index in [4.69, 9.17) is 0 Å². The Morgan fingerprint density at radius 3 is 1.85 bits per heavy atom. The van der Waals surface area contributed by atoms with Gasteiger partial charge in [0.25, 0.3) is 0 Å². The fraction of sp³-hybridized carbons (Fsp3) is 0.0508. The number of rotatable bonds is 8. The van der Waals surface area contributed by atoms with E-state index in [1.165, 1.54) is 82.8 Å². The third-order valence-corrected chi connectivity index (χ3v) is 12.4. The van der Waals surface area contributed by atoms with Crippen LogP contribution < -0.4 is 4.90 Å². The van der Waals surface area contributed by atoms with E-state index in [2.05, 4.69) is 247 Å². The van der Waals surface area contributed by atoms with Gasteiger partial charge in [0, 0.05) is 39.1 Å². The van der Waals surface area contributed by atoms with Gasteiger partial charge in [-0.25, -0.2) is 0 Å². The van der Waals surface area contributed by atoms with Crippen molar-refractivity contribution >= 4 is 49.5 Å². The molecule has 9 aromatic carbocycles. The topological polar surface area (TPSA) is 8.17 Å². The third-order valence-electron chi connectivity index (χ3n) is 12.4. The summed E-state index contributed by atoms with van der Waals surface area (Å²) in [6, 6.07) is 79.7. The second-order valence-corrected chi connectivity index (χ2v) is 16.1. The van der Waals surface area contributed by atoms with E-state index in [-0.39, 0.29) is 0 Å². The summed E-state index contributed by atoms with van der Waals surface area (Å²) in [4.78, 5) is 2.48. The normalized spacial score (nSPS) is 14.0. The lowest BCUT2D eigenvalue weighted by molar-refractivity contribution is 0.749. The number of para-hydroxylation sites is 2. The lowest BCUT2D eigenvalue weighted by Crippen LogP contribution is -2.20. The standard InChI is InChI=1S/C59H44N2/c1-41-18-15-33-56(57(41)45-22-7-3-8-23-45)60(48-36-34-44(35-37-48)51-31-17-24-42-21-11-12-29-50(42)51)49-28-16-25-46(40-49)52-38-39-53(43-19-5-2-6-20-43)59-58(52)54-30-13-14-32-55(54)61(59)47-26-9-4-10-27-47/h2-17,19-41H,18H2,1H3. The molecule has 61 heavy (non-hydrogen) atoms. The maximum absolute atomic E-state index is 2.48. The van der Waals surface area contributed by atoms with Crippen molar-refractivity contribution in [2.24, 2.45) is 5.92 Å². The Kier molecular flexibility index (Phi) is 9.24. The monoisotopic (exact) mass is 780 g/mol. The third kappa shape index (κ3) is 6.45. The zero-order valence-corrected chi connectivity index (χ0v) is 34.1. The largest absolute Gasteiger partial charge is 0.310 e. The van der Waals surface area contributed by atoms with E-state index < -0.39 is 0 Å². The Labute approximate surface area is 357 Å². The van der Waals surface area contributed by atoms with Crippen molar-refractivity contribution in [2.75, 3.05) is 4.90 Å². The van der Waals surface area contributed by atoms with Crippen LogP contribution in [0.3, 0.4) is 0 Å². The molecule has 1 aliphatic rings. The van der Waals surface area contributed by atoms with Gasteiger partial charge in [-0.2, -0.15) is 0 Å². The van der Waals surface area contributed by atoms with Crippen molar-refractivity contribution < 1.29 is 0 Å². The zero-order chi connectivity index (χ0) is 40.7. The van der Waals surface area contributed by atoms with E-state index in [0.29, 0.717) is 5.92 Å². The predicted octanol–water partition coefficient (Wildman–Crippen LogP) is 16.1. The summed E-state index contributed by atoms with van der Waals surface area (Å²) in [6.07, 6.45) is 5.69.